The Morgan fingerprint density at radius 3 is 2.57 bits per heavy atom. The largest absolute Gasteiger partial charge is 0.482 e. The highest BCUT2D eigenvalue weighted by Crippen LogP contribution is 2.30. The van der Waals surface area contributed by atoms with Gasteiger partial charge in [-0.05, 0) is 58.0 Å². The van der Waals surface area contributed by atoms with Crippen molar-refractivity contribution in [3.8, 4) is 5.75 Å². The van der Waals surface area contributed by atoms with Crippen LogP contribution in [0.1, 0.15) is 37.0 Å². The highest BCUT2D eigenvalue weighted by atomic mass is 16.5. The number of hydrogen-bond donors (Lipinski definition) is 4. The summed E-state index contributed by atoms with van der Waals surface area (Å²) in [7, 11) is 0. The number of Topliss-reactive ketones (excluding diaryl/α,β-unsaturated/α-hetero) is 1. The van der Waals surface area contributed by atoms with Crippen molar-refractivity contribution in [3.63, 3.8) is 0 Å². The molecule has 9 nitrogen and oxygen atoms in total. The number of benzene rings is 1. The quantitative estimate of drug-likeness (QED) is 0.511. The predicted molar refractivity (Wildman–Crippen MR) is 111 cm³/mol. The summed E-state index contributed by atoms with van der Waals surface area (Å²) in [6.45, 7) is 5.84. The van der Waals surface area contributed by atoms with E-state index in [2.05, 4.69) is 26.4 Å². The zero-order valence-electron chi connectivity index (χ0n) is 17.4. The molecule has 30 heavy (non-hydrogen) atoms. The molecule has 3 aliphatic rings. The number of piperidine rings is 1. The van der Waals surface area contributed by atoms with Gasteiger partial charge in [-0.15, -0.1) is 0 Å². The molecule has 2 amide bonds. The van der Waals surface area contributed by atoms with Gasteiger partial charge in [-0.3, -0.25) is 30.1 Å². The normalized spacial score (nSPS) is 27.1. The van der Waals surface area contributed by atoms with Gasteiger partial charge in [0.05, 0.1) is 18.3 Å². The minimum absolute atomic E-state index is 0.00206. The Morgan fingerprint density at radius 2 is 1.87 bits per heavy atom. The zero-order chi connectivity index (χ0) is 21.3. The highest BCUT2D eigenvalue weighted by molar-refractivity contribution is 6.01. The number of carbonyl (C=O) groups excluding carboxylic acids is 3. The van der Waals surface area contributed by atoms with Crippen molar-refractivity contribution in [1.82, 2.24) is 21.1 Å². The van der Waals surface area contributed by atoms with Gasteiger partial charge >= 0.3 is 0 Å². The average Bonchev–Trinajstić information content (AvgIpc) is 3.05. The van der Waals surface area contributed by atoms with Crippen molar-refractivity contribution in [2.24, 2.45) is 5.92 Å². The van der Waals surface area contributed by atoms with Crippen molar-refractivity contribution in [2.45, 2.75) is 44.8 Å². The summed E-state index contributed by atoms with van der Waals surface area (Å²) in [6, 6.07) is 5.60. The van der Waals surface area contributed by atoms with E-state index < -0.39 is 0 Å². The van der Waals surface area contributed by atoms with E-state index >= 15 is 0 Å². The van der Waals surface area contributed by atoms with Crippen LogP contribution in [0.3, 0.4) is 0 Å². The summed E-state index contributed by atoms with van der Waals surface area (Å²) >= 11 is 0. The van der Waals surface area contributed by atoms with Gasteiger partial charge in [0.15, 0.2) is 12.4 Å². The van der Waals surface area contributed by atoms with E-state index in [1.54, 1.807) is 18.2 Å². The molecule has 4 rings (SSSR count). The van der Waals surface area contributed by atoms with Crippen molar-refractivity contribution in [1.29, 1.82) is 0 Å². The number of ether oxygens (including phenoxy) is 1. The number of carbonyl (C=O) groups is 3. The monoisotopic (exact) mass is 415 g/mol. The molecule has 0 aliphatic carbocycles. The number of likely N-dealkylation sites (tertiary alicyclic amines) is 1. The lowest BCUT2D eigenvalue weighted by atomic mass is 9.88. The molecule has 2 unspecified atom stereocenters. The number of rotatable bonds is 5. The minimum atomic E-state index is -0.216. The van der Waals surface area contributed by atoms with Crippen molar-refractivity contribution in [3.05, 3.63) is 23.8 Å². The molecule has 2 fully saturated rings. The van der Waals surface area contributed by atoms with Gasteiger partial charge in [-0.25, -0.2) is 0 Å². The molecule has 0 spiro atoms. The smallest absolute Gasteiger partial charge is 0.262 e. The maximum atomic E-state index is 12.9. The molecule has 9 heteroatoms. The average molecular weight is 415 g/mol. The fourth-order valence-corrected chi connectivity index (χ4v) is 4.39. The standard InChI is InChI=1S/C21H29N5O4/c1-12-20(13(2)25-24-12)23-18(27)10-26-7-5-14(6-8-26)21(29)15-3-4-17-16(9-15)22-19(28)11-30-17/h3-4,9,12-14,20,24-25H,5-8,10-11H2,1-2H3,(H,22,28)(H,23,27). The fraction of sp³-hybridized carbons (Fsp3) is 0.571. The number of fused-ring (bicyclic) bond motifs is 1. The number of ketones is 1. The lowest BCUT2D eigenvalue weighted by Gasteiger charge is -2.31. The van der Waals surface area contributed by atoms with Crippen LogP contribution in [-0.4, -0.2) is 66.9 Å². The molecular formula is C21H29N5O4. The molecule has 0 bridgehead atoms. The number of nitrogens with zero attached hydrogens (tertiary/aromatic N) is 1. The molecule has 3 aliphatic heterocycles. The van der Waals surface area contributed by atoms with E-state index in [1.807, 2.05) is 13.8 Å². The van der Waals surface area contributed by atoms with Gasteiger partial charge in [0.25, 0.3) is 5.91 Å². The second-order valence-electron chi connectivity index (χ2n) is 8.42. The Hall–Kier alpha value is -2.49. The summed E-state index contributed by atoms with van der Waals surface area (Å²) in [5.41, 5.74) is 7.40. The first-order valence-corrected chi connectivity index (χ1v) is 10.5. The van der Waals surface area contributed by atoms with Crippen LogP contribution in [0.5, 0.6) is 5.75 Å². The molecule has 1 aromatic carbocycles. The van der Waals surface area contributed by atoms with Crippen molar-refractivity contribution < 1.29 is 19.1 Å². The molecule has 2 saturated heterocycles. The van der Waals surface area contributed by atoms with Crippen LogP contribution in [0, 0.1) is 5.92 Å². The second kappa shape index (κ2) is 8.71. The lowest BCUT2D eigenvalue weighted by Crippen LogP contribution is -2.50. The maximum absolute atomic E-state index is 12.9. The van der Waals surface area contributed by atoms with E-state index in [-0.39, 0.29) is 48.2 Å². The van der Waals surface area contributed by atoms with Crippen molar-refractivity contribution >= 4 is 23.3 Å². The minimum Gasteiger partial charge on any atom is -0.482 e. The SMILES string of the molecule is CC1NNC(C)C1NC(=O)CN1CCC(C(=O)c2ccc3c(c2)NC(=O)CO3)CC1. The maximum Gasteiger partial charge on any atom is 0.262 e. The molecule has 0 saturated carbocycles. The van der Waals surface area contributed by atoms with E-state index in [0.717, 1.165) is 0 Å². The Bertz CT molecular complexity index is 827. The van der Waals surface area contributed by atoms with Crippen molar-refractivity contribution in [2.75, 3.05) is 31.6 Å². The van der Waals surface area contributed by atoms with E-state index in [9.17, 15) is 14.4 Å². The van der Waals surface area contributed by atoms with Gasteiger partial charge in [-0.1, -0.05) is 0 Å². The summed E-state index contributed by atoms with van der Waals surface area (Å²) < 4.78 is 5.35. The second-order valence-corrected chi connectivity index (χ2v) is 8.42. The Morgan fingerprint density at radius 1 is 1.17 bits per heavy atom. The van der Waals surface area contributed by atoms with Crippen LogP contribution in [0.15, 0.2) is 18.2 Å². The number of nitrogens with one attached hydrogen (secondary N) is 4. The molecule has 3 heterocycles. The fourth-order valence-electron chi connectivity index (χ4n) is 4.39. The molecule has 162 valence electrons. The van der Waals surface area contributed by atoms with E-state index in [0.29, 0.717) is 49.5 Å². The van der Waals surface area contributed by atoms with E-state index in [1.165, 1.54) is 0 Å². The number of hydrazine groups is 1. The summed E-state index contributed by atoms with van der Waals surface area (Å²) in [5, 5.41) is 5.84. The first-order chi connectivity index (χ1) is 14.4. The number of anilines is 1. The third-order valence-corrected chi connectivity index (χ3v) is 6.17. The third-order valence-electron chi connectivity index (χ3n) is 6.17. The van der Waals surface area contributed by atoms with Crippen LogP contribution < -0.4 is 26.2 Å². The van der Waals surface area contributed by atoms with Crippen LogP contribution in [0.4, 0.5) is 5.69 Å². The number of amides is 2. The van der Waals surface area contributed by atoms with Gasteiger partial charge in [0.2, 0.25) is 5.91 Å². The van der Waals surface area contributed by atoms with Crippen LogP contribution >= 0.6 is 0 Å². The number of hydrogen-bond acceptors (Lipinski definition) is 7. The Kier molecular flexibility index (Phi) is 6.03. The van der Waals surface area contributed by atoms with Crippen LogP contribution in [-0.2, 0) is 9.59 Å². The molecule has 0 aromatic heterocycles. The summed E-state index contributed by atoms with van der Waals surface area (Å²) in [4.78, 5) is 39.0. The van der Waals surface area contributed by atoms with Gasteiger partial charge in [0, 0.05) is 23.6 Å². The van der Waals surface area contributed by atoms with Crippen LogP contribution in [0.25, 0.3) is 0 Å². The Balaban J connectivity index is 1.28. The Labute approximate surface area is 175 Å². The lowest BCUT2D eigenvalue weighted by molar-refractivity contribution is -0.123. The van der Waals surface area contributed by atoms with Crippen LogP contribution in [0.2, 0.25) is 0 Å². The molecular weight excluding hydrogens is 386 g/mol. The molecule has 1 aromatic rings. The van der Waals surface area contributed by atoms with Gasteiger partial charge in [-0.2, -0.15) is 0 Å². The summed E-state index contributed by atoms with van der Waals surface area (Å²) in [6.07, 6.45) is 1.43. The topological polar surface area (TPSA) is 112 Å². The summed E-state index contributed by atoms with van der Waals surface area (Å²) in [5.74, 6) is 0.382. The first-order valence-electron chi connectivity index (χ1n) is 10.5. The predicted octanol–water partition coefficient (Wildman–Crippen LogP) is 0.282. The third kappa shape index (κ3) is 4.48. The van der Waals surface area contributed by atoms with Gasteiger partial charge < -0.3 is 15.4 Å². The molecule has 2 atom stereocenters. The molecule has 0 radical (unpaired) electrons. The first kappa shape index (κ1) is 20.8. The zero-order valence-corrected chi connectivity index (χ0v) is 17.4. The van der Waals surface area contributed by atoms with E-state index in [4.69, 9.17) is 4.74 Å². The van der Waals surface area contributed by atoms with Gasteiger partial charge in [0.1, 0.15) is 5.75 Å². The molecule has 4 N–H and O–H groups in total. The highest BCUT2D eigenvalue weighted by Gasteiger charge is 2.32.